The van der Waals surface area contributed by atoms with E-state index in [1.807, 2.05) is 25.3 Å². The van der Waals surface area contributed by atoms with Crippen LogP contribution in [-0.4, -0.2) is 31.2 Å². The molecule has 1 aliphatic rings. The second-order valence-corrected chi connectivity index (χ2v) is 9.48. The highest BCUT2D eigenvalue weighted by atomic mass is 35.5. The van der Waals surface area contributed by atoms with Gasteiger partial charge in [-0.1, -0.05) is 17.7 Å². The number of fused-ring (bicyclic) bond motifs is 3. The summed E-state index contributed by atoms with van der Waals surface area (Å²) < 4.78 is 21.6. The van der Waals surface area contributed by atoms with Gasteiger partial charge in [0.05, 0.1) is 23.4 Å². The predicted molar refractivity (Wildman–Crippen MR) is 123 cm³/mol. The van der Waals surface area contributed by atoms with Crippen LogP contribution in [0.5, 0.6) is 0 Å². The topological polar surface area (TPSA) is 86.2 Å². The van der Waals surface area contributed by atoms with E-state index in [0.717, 1.165) is 21.0 Å². The molecule has 0 aliphatic carbocycles. The Hall–Kier alpha value is -3.17. The molecule has 10 heteroatoms. The van der Waals surface area contributed by atoms with Crippen molar-refractivity contribution in [2.24, 2.45) is 4.99 Å². The summed E-state index contributed by atoms with van der Waals surface area (Å²) in [5.74, 6) is 0.981. The average Bonchev–Trinajstić information content (AvgIpc) is 3.46. The van der Waals surface area contributed by atoms with Crippen LogP contribution in [0.3, 0.4) is 0 Å². The van der Waals surface area contributed by atoms with Crippen molar-refractivity contribution in [3.63, 3.8) is 0 Å². The molecule has 0 saturated heterocycles. The number of oxazole rings is 1. The van der Waals surface area contributed by atoms with Crippen LogP contribution in [0.4, 0.5) is 4.39 Å². The van der Waals surface area contributed by atoms with Crippen molar-refractivity contribution in [2.45, 2.75) is 39.7 Å². The first kappa shape index (κ1) is 21.7. The number of carbonyl (C=O) groups excluding carboxylic acids is 1. The first-order valence-corrected chi connectivity index (χ1v) is 11.5. The summed E-state index contributed by atoms with van der Waals surface area (Å²) in [5, 5.41) is 9.58. The standard InChI is InChI=1S/C23H19ClFN5O2S/c1-11-12(2)33-23-20(11)21(14-4-5-16(24)17(25)8-14)27-18(22-29-28-13(3)30(22)23)9-15(31)10-19-26-6-7-32-19/h4-8,18H,9-10H2,1-3H3. The van der Waals surface area contributed by atoms with Crippen LogP contribution in [0.2, 0.25) is 5.02 Å². The predicted octanol–water partition coefficient (Wildman–Crippen LogP) is 5.13. The summed E-state index contributed by atoms with van der Waals surface area (Å²) in [6.07, 6.45) is 3.06. The largest absolute Gasteiger partial charge is 0.449 e. The molecule has 1 aliphatic heterocycles. The fourth-order valence-electron chi connectivity index (χ4n) is 3.96. The van der Waals surface area contributed by atoms with E-state index >= 15 is 0 Å². The molecular weight excluding hydrogens is 465 g/mol. The summed E-state index contributed by atoms with van der Waals surface area (Å²) >= 11 is 7.53. The minimum atomic E-state index is -0.610. The Morgan fingerprint density at radius 2 is 2.09 bits per heavy atom. The van der Waals surface area contributed by atoms with E-state index in [0.29, 0.717) is 28.8 Å². The lowest BCUT2D eigenvalue weighted by Crippen LogP contribution is -2.13. The van der Waals surface area contributed by atoms with Gasteiger partial charge in [0.25, 0.3) is 0 Å². The second kappa shape index (κ2) is 8.31. The smallest absolute Gasteiger partial charge is 0.201 e. The number of aliphatic imine (C=N–C) groups is 1. The summed E-state index contributed by atoms with van der Waals surface area (Å²) in [4.78, 5) is 23.0. The van der Waals surface area contributed by atoms with Gasteiger partial charge < -0.3 is 4.42 Å². The number of hydrogen-bond donors (Lipinski definition) is 0. The van der Waals surface area contributed by atoms with E-state index in [4.69, 9.17) is 21.0 Å². The van der Waals surface area contributed by atoms with Crippen LogP contribution in [0, 0.1) is 26.6 Å². The number of hydrogen-bond acceptors (Lipinski definition) is 7. The van der Waals surface area contributed by atoms with E-state index in [2.05, 4.69) is 15.2 Å². The quantitative estimate of drug-likeness (QED) is 0.393. The summed E-state index contributed by atoms with van der Waals surface area (Å²) in [6, 6.07) is 4.02. The van der Waals surface area contributed by atoms with Crippen molar-refractivity contribution >= 4 is 34.4 Å². The van der Waals surface area contributed by atoms with Crippen molar-refractivity contribution in [3.8, 4) is 5.00 Å². The molecule has 168 valence electrons. The van der Waals surface area contributed by atoms with Gasteiger partial charge in [-0.15, -0.1) is 21.5 Å². The number of halogens is 2. The molecule has 4 heterocycles. The van der Waals surface area contributed by atoms with E-state index in [-0.39, 0.29) is 23.6 Å². The minimum absolute atomic E-state index is 0.0389. The number of ketones is 1. The molecule has 0 radical (unpaired) electrons. The lowest BCUT2D eigenvalue weighted by atomic mass is 9.99. The van der Waals surface area contributed by atoms with Gasteiger partial charge in [-0.05, 0) is 38.5 Å². The van der Waals surface area contributed by atoms with Crippen LogP contribution in [0.15, 0.2) is 40.1 Å². The number of aromatic nitrogens is 4. The molecule has 0 bridgehead atoms. The molecular formula is C23H19ClFN5O2S. The molecule has 1 aromatic carbocycles. The fourth-order valence-corrected chi connectivity index (χ4v) is 5.30. The van der Waals surface area contributed by atoms with Crippen molar-refractivity contribution in [3.05, 3.63) is 80.6 Å². The number of Topliss-reactive ketones (excluding diaryl/α,β-unsaturated/α-hetero) is 1. The number of thiophene rings is 1. The van der Waals surface area contributed by atoms with E-state index < -0.39 is 11.9 Å². The van der Waals surface area contributed by atoms with E-state index in [1.54, 1.807) is 17.4 Å². The normalized spacial score (nSPS) is 15.1. The van der Waals surface area contributed by atoms with Gasteiger partial charge in [-0.3, -0.25) is 14.4 Å². The zero-order valence-corrected chi connectivity index (χ0v) is 19.7. The summed E-state index contributed by atoms with van der Waals surface area (Å²) in [6.45, 7) is 5.91. The molecule has 1 unspecified atom stereocenters. The molecule has 0 amide bonds. The summed E-state index contributed by atoms with van der Waals surface area (Å²) in [7, 11) is 0. The second-order valence-electron chi connectivity index (χ2n) is 7.87. The lowest BCUT2D eigenvalue weighted by Gasteiger charge is -2.12. The summed E-state index contributed by atoms with van der Waals surface area (Å²) in [5.41, 5.74) is 3.10. The average molecular weight is 484 g/mol. The molecule has 5 rings (SSSR count). The van der Waals surface area contributed by atoms with Crippen molar-refractivity contribution in [1.82, 2.24) is 19.7 Å². The highest BCUT2D eigenvalue weighted by Gasteiger charge is 2.32. The molecule has 0 fully saturated rings. The molecule has 0 N–H and O–H groups in total. The third kappa shape index (κ3) is 3.81. The number of benzene rings is 1. The first-order valence-electron chi connectivity index (χ1n) is 10.3. The monoisotopic (exact) mass is 483 g/mol. The number of aryl methyl sites for hydroxylation is 2. The lowest BCUT2D eigenvalue weighted by molar-refractivity contribution is -0.119. The number of nitrogens with zero attached hydrogens (tertiary/aromatic N) is 5. The van der Waals surface area contributed by atoms with Gasteiger partial charge in [0, 0.05) is 22.4 Å². The Balaban J connectivity index is 1.67. The van der Waals surface area contributed by atoms with Gasteiger partial charge in [-0.2, -0.15) is 0 Å². The van der Waals surface area contributed by atoms with Crippen molar-refractivity contribution < 1.29 is 13.6 Å². The molecule has 1 atom stereocenters. The highest BCUT2D eigenvalue weighted by molar-refractivity contribution is 7.15. The minimum Gasteiger partial charge on any atom is -0.449 e. The van der Waals surface area contributed by atoms with Gasteiger partial charge in [0.15, 0.2) is 5.82 Å². The maximum Gasteiger partial charge on any atom is 0.201 e. The Morgan fingerprint density at radius 3 is 2.82 bits per heavy atom. The van der Waals surface area contributed by atoms with Crippen LogP contribution in [-0.2, 0) is 11.2 Å². The Morgan fingerprint density at radius 1 is 1.27 bits per heavy atom. The molecule has 33 heavy (non-hydrogen) atoms. The highest BCUT2D eigenvalue weighted by Crippen LogP contribution is 2.39. The zero-order valence-electron chi connectivity index (χ0n) is 18.1. The van der Waals surface area contributed by atoms with Crippen LogP contribution in [0.25, 0.3) is 5.00 Å². The van der Waals surface area contributed by atoms with Gasteiger partial charge in [0.1, 0.15) is 34.7 Å². The SMILES string of the molecule is Cc1sc2c(c1C)C(c1ccc(Cl)c(F)c1)=NC(CC(=O)Cc1ncco1)c1nnc(C)n1-2. The van der Waals surface area contributed by atoms with E-state index in [1.165, 1.54) is 24.6 Å². The number of carbonyl (C=O) groups is 1. The Bertz CT molecular complexity index is 1410. The molecule has 4 aromatic rings. The molecule has 7 nitrogen and oxygen atoms in total. The van der Waals surface area contributed by atoms with Crippen molar-refractivity contribution in [1.29, 1.82) is 0 Å². The fraction of sp³-hybridized carbons (Fsp3) is 0.261. The third-order valence-electron chi connectivity index (χ3n) is 5.69. The van der Waals surface area contributed by atoms with E-state index in [9.17, 15) is 9.18 Å². The maximum absolute atomic E-state index is 14.4. The third-order valence-corrected chi connectivity index (χ3v) is 7.18. The molecule has 0 saturated carbocycles. The maximum atomic E-state index is 14.4. The number of rotatable bonds is 5. The molecule has 3 aromatic heterocycles. The van der Waals surface area contributed by atoms with Crippen molar-refractivity contribution in [2.75, 3.05) is 0 Å². The van der Waals surface area contributed by atoms with Gasteiger partial charge in [-0.25, -0.2) is 9.37 Å². The van der Waals surface area contributed by atoms with Gasteiger partial charge in [0.2, 0.25) is 5.89 Å². The van der Waals surface area contributed by atoms with Crippen LogP contribution in [0.1, 0.15) is 51.6 Å². The van der Waals surface area contributed by atoms with Crippen LogP contribution >= 0.6 is 22.9 Å². The zero-order chi connectivity index (χ0) is 23.3. The Labute approximate surface area is 198 Å². The first-order chi connectivity index (χ1) is 15.8. The Kier molecular flexibility index (Phi) is 5.46. The molecule has 0 spiro atoms. The van der Waals surface area contributed by atoms with Gasteiger partial charge >= 0.3 is 0 Å². The van der Waals surface area contributed by atoms with Crippen LogP contribution < -0.4 is 0 Å².